The molecule has 2 atom stereocenters. The molecule has 2 unspecified atom stereocenters. The van der Waals surface area contributed by atoms with E-state index in [1.165, 1.54) is 0 Å². The van der Waals surface area contributed by atoms with E-state index in [1.54, 1.807) is 0 Å². The molecule has 0 aliphatic heterocycles. The minimum Gasteiger partial charge on any atom is -0.242 e. The third-order valence-corrected chi connectivity index (χ3v) is 3.88. The van der Waals surface area contributed by atoms with Gasteiger partial charge >= 0.3 is 0 Å². The van der Waals surface area contributed by atoms with Gasteiger partial charge in [-0.3, -0.25) is 0 Å². The molecule has 0 heterocycles. The van der Waals surface area contributed by atoms with Crippen molar-refractivity contribution in [1.29, 1.82) is 0 Å². The molecule has 94 valence electrons. The van der Waals surface area contributed by atoms with Gasteiger partial charge in [0.05, 0.1) is 21.8 Å². The van der Waals surface area contributed by atoms with Gasteiger partial charge < -0.3 is 0 Å². The quantitative estimate of drug-likeness (QED) is 0.821. The molecule has 0 bridgehead atoms. The van der Waals surface area contributed by atoms with Gasteiger partial charge in [-0.25, -0.2) is 8.93 Å². The lowest BCUT2D eigenvalue weighted by Gasteiger charge is -2.23. The second-order valence-electron chi connectivity index (χ2n) is 4.77. The molecule has 0 fully saturated rings. The highest BCUT2D eigenvalue weighted by molar-refractivity contribution is 7.84. The summed E-state index contributed by atoms with van der Waals surface area (Å²) in [5, 5.41) is 2.90. The molecule has 0 spiro atoms. The summed E-state index contributed by atoms with van der Waals surface area (Å²) in [6.45, 7) is 5.72. The Morgan fingerprint density at radius 2 is 1.88 bits per heavy atom. The number of rotatable bonds is 5. The van der Waals surface area contributed by atoms with Crippen LogP contribution in [0.2, 0.25) is 0 Å². The highest BCUT2D eigenvalue weighted by atomic mass is 32.2. The van der Waals surface area contributed by atoms with Gasteiger partial charge in [0.25, 0.3) is 0 Å². The molecule has 17 heavy (non-hydrogen) atoms. The van der Waals surface area contributed by atoms with Crippen LogP contribution in [0, 0.1) is 4.91 Å². The summed E-state index contributed by atoms with van der Waals surface area (Å²) in [7, 11) is -1.22. The van der Waals surface area contributed by atoms with Crippen LogP contribution in [-0.2, 0) is 11.0 Å². The Balaban J connectivity index is 2.81. The molecule has 0 amide bonds. The van der Waals surface area contributed by atoms with E-state index in [1.807, 2.05) is 51.1 Å². The van der Waals surface area contributed by atoms with Gasteiger partial charge in [-0.15, -0.1) is 0 Å². The van der Waals surface area contributed by atoms with Gasteiger partial charge in [-0.2, -0.15) is 4.91 Å². The first-order valence-electron chi connectivity index (χ1n) is 5.47. The van der Waals surface area contributed by atoms with Crippen LogP contribution in [0.3, 0.4) is 0 Å². The van der Waals surface area contributed by atoms with Gasteiger partial charge in [-0.1, -0.05) is 35.5 Å². The summed E-state index contributed by atoms with van der Waals surface area (Å²) in [6, 6.07) is 9.15. The predicted molar refractivity (Wildman–Crippen MR) is 70.9 cm³/mol. The summed E-state index contributed by atoms with van der Waals surface area (Å²) < 4.78 is 14.6. The van der Waals surface area contributed by atoms with Gasteiger partial charge in [0.2, 0.25) is 0 Å². The van der Waals surface area contributed by atoms with Crippen molar-refractivity contribution in [3.8, 4) is 0 Å². The molecule has 1 rings (SSSR count). The number of benzene rings is 1. The van der Waals surface area contributed by atoms with Gasteiger partial charge in [-0.05, 0) is 26.3 Å². The Bertz CT molecular complexity index is 387. The predicted octanol–water partition coefficient (Wildman–Crippen LogP) is 2.55. The zero-order chi connectivity index (χ0) is 12.9. The average molecular weight is 254 g/mol. The monoisotopic (exact) mass is 254 g/mol. The SMILES string of the molecule is CC(C)(C)S(=O)NC(CN=O)c1ccccc1. The first-order chi connectivity index (χ1) is 7.95. The van der Waals surface area contributed by atoms with Gasteiger partial charge in [0.1, 0.15) is 6.54 Å². The summed E-state index contributed by atoms with van der Waals surface area (Å²) in [5.74, 6) is 0. The molecular formula is C12H18N2O2S. The molecule has 1 N–H and O–H groups in total. The molecule has 1 aromatic rings. The van der Waals surface area contributed by atoms with E-state index in [9.17, 15) is 9.12 Å². The zero-order valence-electron chi connectivity index (χ0n) is 10.3. The molecule has 1 aromatic carbocycles. The van der Waals surface area contributed by atoms with Crippen LogP contribution in [0.4, 0.5) is 0 Å². The van der Waals surface area contributed by atoms with Crippen LogP contribution in [-0.4, -0.2) is 15.5 Å². The lowest BCUT2D eigenvalue weighted by Crippen LogP contribution is -2.36. The molecule has 0 radical (unpaired) electrons. The topological polar surface area (TPSA) is 58.5 Å². The van der Waals surface area contributed by atoms with E-state index in [0.29, 0.717) is 0 Å². The average Bonchev–Trinajstić information content (AvgIpc) is 2.28. The van der Waals surface area contributed by atoms with Crippen LogP contribution in [0.15, 0.2) is 35.5 Å². The van der Waals surface area contributed by atoms with Crippen molar-refractivity contribution in [3.05, 3.63) is 40.8 Å². The molecular weight excluding hydrogens is 236 g/mol. The molecule has 0 saturated heterocycles. The lowest BCUT2D eigenvalue weighted by molar-refractivity contribution is 0.602. The Morgan fingerprint density at radius 1 is 1.29 bits per heavy atom. The van der Waals surface area contributed by atoms with E-state index in [-0.39, 0.29) is 17.3 Å². The normalized spacial score (nSPS) is 15.2. The zero-order valence-corrected chi connectivity index (χ0v) is 11.2. The highest BCUT2D eigenvalue weighted by Crippen LogP contribution is 2.17. The Kier molecular flexibility index (Phi) is 4.96. The van der Waals surface area contributed by atoms with E-state index in [0.717, 1.165) is 5.56 Å². The van der Waals surface area contributed by atoms with Crippen LogP contribution in [0.5, 0.6) is 0 Å². The molecule has 0 aliphatic rings. The standard InChI is InChI=1S/C12H18N2O2S/c1-12(2,3)17(16)14-11(9-13-15)10-7-5-4-6-8-10/h4-8,11,14H,9H2,1-3H3. The van der Waals surface area contributed by atoms with Crippen molar-refractivity contribution in [2.75, 3.05) is 6.54 Å². The largest absolute Gasteiger partial charge is 0.242 e. The Labute approximate surface area is 104 Å². The van der Waals surface area contributed by atoms with Crippen molar-refractivity contribution < 1.29 is 4.21 Å². The van der Waals surface area contributed by atoms with Crippen molar-refractivity contribution >= 4 is 11.0 Å². The minimum absolute atomic E-state index is 0.0752. The fourth-order valence-corrected chi connectivity index (χ4v) is 2.10. The maximum absolute atomic E-state index is 12.0. The van der Waals surface area contributed by atoms with E-state index in [4.69, 9.17) is 0 Å². The smallest absolute Gasteiger partial charge is 0.101 e. The van der Waals surface area contributed by atoms with Gasteiger partial charge in [0, 0.05) is 0 Å². The number of nitrogens with zero attached hydrogens (tertiary/aromatic N) is 1. The van der Waals surface area contributed by atoms with Crippen LogP contribution < -0.4 is 4.72 Å². The van der Waals surface area contributed by atoms with E-state index < -0.39 is 11.0 Å². The van der Waals surface area contributed by atoms with Crippen LogP contribution >= 0.6 is 0 Å². The van der Waals surface area contributed by atoms with Crippen molar-refractivity contribution in [2.24, 2.45) is 5.18 Å². The summed E-state index contributed by atoms with van der Waals surface area (Å²) in [6.07, 6.45) is 0. The lowest BCUT2D eigenvalue weighted by atomic mass is 10.1. The second kappa shape index (κ2) is 6.02. The van der Waals surface area contributed by atoms with Crippen LogP contribution in [0.1, 0.15) is 32.4 Å². The number of nitrogens with one attached hydrogen (secondary N) is 1. The molecule has 0 aliphatic carbocycles. The summed E-state index contributed by atoms with van der Waals surface area (Å²) in [5.41, 5.74) is 0.921. The maximum Gasteiger partial charge on any atom is 0.101 e. The number of nitroso groups, excluding NO2 is 1. The Morgan fingerprint density at radius 3 is 2.35 bits per heavy atom. The molecule has 0 aromatic heterocycles. The third kappa shape index (κ3) is 4.36. The fourth-order valence-electron chi connectivity index (χ4n) is 1.28. The van der Waals surface area contributed by atoms with Crippen molar-refractivity contribution in [2.45, 2.75) is 31.6 Å². The maximum atomic E-state index is 12.0. The van der Waals surface area contributed by atoms with Crippen molar-refractivity contribution in [3.63, 3.8) is 0 Å². The van der Waals surface area contributed by atoms with E-state index >= 15 is 0 Å². The van der Waals surface area contributed by atoms with Crippen molar-refractivity contribution in [1.82, 2.24) is 4.72 Å². The number of hydrogen-bond acceptors (Lipinski definition) is 3. The summed E-state index contributed by atoms with van der Waals surface area (Å²) in [4.78, 5) is 10.4. The molecule has 0 saturated carbocycles. The fraction of sp³-hybridized carbons (Fsp3) is 0.500. The first-order valence-corrected chi connectivity index (χ1v) is 6.62. The highest BCUT2D eigenvalue weighted by Gasteiger charge is 2.23. The second-order valence-corrected chi connectivity index (χ2v) is 6.77. The van der Waals surface area contributed by atoms with Gasteiger partial charge in [0.15, 0.2) is 0 Å². The molecule has 4 nitrogen and oxygen atoms in total. The Hall–Kier alpha value is -1.07. The van der Waals surface area contributed by atoms with Crippen LogP contribution in [0.25, 0.3) is 0 Å². The summed E-state index contributed by atoms with van der Waals surface area (Å²) >= 11 is 0. The number of hydrogen-bond donors (Lipinski definition) is 1. The first kappa shape index (κ1) is 14.0. The molecule has 5 heteroatoms. The third-order valence-electron chi connectivity index (χ3n) is 2.26. The van der Waals surface area contributed by atoms with E-state index in [2.05, 4.69) is 9.90 Å². The minimum atomic E-state index is -1.22.